The molecule has 0 spiro atoms. The summed E-state index contributed by atoms with van der Waals surface area (Å²) in [4.78, 5) is 27.0. The largest absolute Gasteiger partial charge is 0.381 e. The molecule has 112 valence electrons. The van der Waals surface area contributed by atoms with Crippen LogP contribution >= 0.6 is 0 Å². The quantitative estimate of drug-likeness (QED) is 0.686. The van der Waals surface area contributed by atoms with Crippen LogP contribution in [0.3, 0.4) is 0 Å². The molecule has 0 aromatic carbocycles. The minimum Gasteiger partial charge on any atom is -0.381 e. The number of primary amides is 1. The number of ether oxygens (including phenoxy) is 2. The molecule has 3 saturated heterocycles. The summed E-state index contributed by atoms with van der Waals surface area (Å²) in [6, 6.07) is 0.440. The summed E-state index contributed by atoms with van der Waals surface area (Å²) in [5.41, 5.74) is 5.24. The Labute approximate surface area is 118 Å². The number of amides is 2. The molecule has 0 aliphatic carbocycles. The van der Waals surface area contributed by atoms with Gasteiger partial charge in [-0.05, 0) is 12.8 Å². The molecule has 2 atom stereocenters. The van der Waals surface area contributed by atoms with Gasteiger partial charge < -0.3 is 20.1 Å². The lowest BCUT2D eigenvalue weighted by Gasteiger charge is -2.36. The minimum absolute atomic E-state index is 0.00473. The average molecular weight is 283 g/mol. The van der Waals surface area contributed by atoms with Crippen LogP contribution in [0.1, 0.15) is 12.8 Å². The van der Waals surface area contributed by atoms with E-state index in [1.807, 2.05) is 0 Å². The van der Waals surface area contributed by atoms with Gasteiger partial charge in [-0.3, -0.25) is 14.5 Å². The standard InChI is InChI=1S/C13H21N3O4/c14-12(17)7-16-10-5-15(9-1-3-19-4-2-9)6-11(10)20-8-13(16)18/h9-11H,1-8H2,(H2,14,17)/t10-,11+/m1/s1. The molecule has 3 fully saturated rings. The van der Waals surface area contributed by atoms with Crippen molar-refractivity contribution in [3.63, 3.8) is 0 Å². The molecule has 3 aliphatic rings. The molecule has 2 amide bonds. The summed E-state index contributed by atoms with van der Waals surface area (Å²) in [6.45, 7) is 3.20. The van der Waals surface area contributed by atoms with Gasteiger partial charge >= 0.3 is 0 Å². The fourth-order valence-corrected chi connectivity index (χ4v) is 3.42. The Morgan fingerprint density at radius 2 is 2.05 bits per heavy atom. The number of fused-ring (bicyclic) bond motifs is 1. The van der Waals surface area contributed by atoms with Crippen molar-refractivity contribution >= 4 is 11.8 Å². The summed E-state index contributed by atoms with van der Waals surface area (Å²) < 4.78 is 11.0. The summed E-state index contributed by atoms with van der Waals surface area (Å²) >= 11 is 0. The third kappa shape index (κ3) is 2.65. The van der Waals surface area contributed by atoms with Crippen LogP contribution in [-0.4, -0.2) is 79.3 Å². The van der Waals surface area contributed by atoms with Crippen molar-refractivity contribution in [3.8, 4) is 0 Å². The summed E-state index contributed by atoms with van der Waals surface area (Å²) in [7, 11) is 0. The number of likely N-dealkylation sites (tertiary alicyclic amines) is 1. The van der Waals surface area contributed by atoms with Gasteiger partial charge in [0, 0.05) is 32.3 Å². The number of carbonyl (C=O) groups excluding carboxylic acids is 2. The van der Waals surface area contributed by atoms with Gasteiger partial charge in [0.15, 0.2) is 0 Å². The van der Waals surface area contributed by atoms with Crippen molar-refractivity contribution < 1.29 is 19.1 Å². The smallest absolute Gasteiger partial charge is 0.249 e. The number of rotatable bonds is 3. The highest BCUT2D eigenvalue weighted by Crippen LogP contribution is 2.27. The van der Waals surface area contributed by atoms with Gasteiger partial charge in [0.1, 0.15) is 6.61 Å². The van der Waals surface area contributed by atoms with Crippen LogP contribution < -0.4 is 5.73 Å². The molecule has 2 N–H and O–H groups in total. The predicted molar refractivity (Wildman–Crippen MR) is 69.8 cm³/mol. The maximum Gasteiger partial charge on any atom is 0.249 e. The molecule has 7 heteroatoms. The topological polar surface area (TPSA) is 85.1 Å². The van der Waals surface area contributed by atoms with E-state index in [2.05, 4.69) is 4.90 Å². The SMILES string of the molecule is NC(=O)CN1C(=O)CO[C@H]2CN(C3CCOCC3)C[C@H]21. The Balaban J connectivity index is 1.68. The fraction of sp³-hybridized carbons (Fsp3) is 0.846. The molecule has 3 heterocycles. The Morgan fingerprint density at radius 1 is 1.30 bits per heavy atom. The fourth-order valence-electron chi connectivity index (χ4n) is 3.42. The van der Waals surface area contributed by atoms with Crippen LogP contribution in [0.15, 0.2) is 0 Å². The molecule has 7 nitrogen and oxygen atoms in total. The van der Waals surface area contributed by atoms with Crippen LogP contribution in [0.5, 0.6) is 0 Å². The third-order valence-electron chi connectivity index (χ3n) is 4.44. The van der Waals surface area contributed by atoms with E-state index in [9.17, 15) is 9.59 Å². The monoisotopic (exact) mass is 283 g/mol. The molecule has 0 aromatic rings. The molecular weight excluding hydrogens is 262 g/mol. The molecule has 0 saturated carbocycles. The van der Waals surface area contributed by atoms with E-state index in [1.54, 1.807) is 4.90 Å². The first-order valence-corrected chi connectivity index (χ1v) is 7.16. The number of nitrogens with zero attached hydrogens (tertiary/aromatic N) is 2. The van der Waals surface area contributed by atoms with Gasteiger partial charge in [-0.2, -0.15) is 0 Å². The molecular formula is C13H21N3O4. The number of morpholine rings is 1. The van der Waals surface area contributed by atoms with Gasteiger partial charge in [0.05, 0.1) is 18.7 Å². The highest BCUT2D eigenvalue weighted by Gasteiger charge is 2.45. The lowest BCUT2D eigenvalue weighted by Crippen LogP contribution is -2.56. The van der Waals surface area contributed by atoms with Gasteiger partial charge in [-0.25, -0.2) is 0 Å². The van der Waals surface area contributed by atoms with Crippen LogP contribution in [-0.2, 0) is 19.1 Å². The Kier molecular flexibility index (Phi) is 3.91. The van der Waals surface area contributed by atoms with Gasteiger partial charge in [0.25, 0.3) is 0 Å². The van der Waals surface area contributed by atoms with Crippen molar-refractivity contribution in [1.82, 2.24) is 9.80 Å². The highest BCUT2D eigenvalue weighted by atomic mass is 16.5. The Hall–Kier alpha value is -1.18. The van der Waals surface area contributed by atoms with E-state index >= 15 is 0 Å². The first-order valence-electron chi connectivity index (χ1n) is 7.16. The van der Waals surface area contributed by atoms with Crippen LogP contribution in [0, 0.1) is 0 Å². The van der Waals surface area contributed by atoms with Crippen molar-refractivity contribution in [2.24, 2.45) is 5.73 Å². The predicted octanol–water partition coefficient (Wildman–Crippen LogP) is -1.44. The second-order valence-electron chi connectivity index (χ2n) is 5.70. The maximum absolute atomic E-state index is 11.9. The van der Waals surface area contributed by atoms with E-state index in [4.69, 9.17) is 15.2 Å². The maximum atomic E-state index is 11.9. The number of carbonyl (C=O) groups is 2. The summed E-state index contributed by atoms with van der Waals surface area (Å²) in [5.74, 6) is -0.609. The van der Waals surface area contributed by atoms with Crippen molar-refractivity contribution in [2.75, 3.05) is 39.5 Å². The Bertz CT molecular complexity index is 397. The second kappa shape index (κ2) is 5.67. The van der Waals surface area contributed by atoms with Gasteiger partial charge in [-0.15, -0.1) is 0 Å². The summed E-state index contributed by atoms with van der Waals surface area (Å²) in [6.07, 6.45) is 2.03. The van der Waals surface area contributed by atoms with E-state index in [1.165, 1.54) is 0 Å². The van der Waals surface area contributed by atoms with Crippen LogP contribution in [0.4, 0.5) is 0 Å². The summed E-state index contributed by atoms with van der Waals surface area (Å²) in [5, 5.41) is 0. The molecule has 0 unspecified atom stereocenters. The van der Waals surface area contributed by atoms with Crippen molar-refractivity contribution in [1.29, 1.82) is 0 Å². The zero-order chi connectivity index (χ0) is 14.1. The van der Waals surface area contributed by atoms with E-state index < -0.39 is 5.91 Å². The van der Waals surface area contributed by atoms with Crippen molar-refractivity contribution in [2.45, 2.75) is 31.0 Å². The van der Waals surface area contributed by atoms with Crippen LogP contribution in [0.2, 0.25) is 0 Å². The van der Waals surface area contributed by atoms with Crippen molar-refractivity contribution in [3.05, 3.63) is 0 Å². The zero-order valence-electron chi connectivity index (χ0n) is 11.5. The molecule has 0 bridgehead atoms. The number of hydrogen-bond donors (Lipinski definition) is 1. The molecule has 3 rings (SSSR count). The Morgan fingerprint density at radius 3 is 2.75 bits per heavy atom. The molecule has 0 aromatic heterocycles. The van der Waals surface area contributed by atoms with E-state index in [0.29, 0.717) is 6.04 Å². The lowest BCUT2D eigenvalue weighted by atomic mass is 10.1. The molecule has 3 aliphatic heterocycles. The third-order valence-corrected chi connectivity index (χ3v) is 4.44. The second-order valence-corrected chi connectivity index (χ2v) is 5.70. The number of nitrogens with two attached hydrogens (primary N) is 1. The minimum atomic E-state index is -0.469. The first-order chi connectivity index (χ1) is 9.65. The zero-order valence-corrected chi connectivity index (χ0v) is 11.5. The van der Waals surface area contributed by atoms with Gasteiger partial charge in [-0.1, -0.05) is 0 Å². The van der Waals surface area contributed by atoms with Crippen LogP contribution in [0.25, 0.3) is 0 Å². The molecule has 20 heavy (non-hydrogen) atoms. The van der Waals surface area contributed by atoms with E-state index in [-0.39, 0.29) is 31.2 Å². The normalized spacial score (nSPS) is 32.4. The van der Waals surface area contributed by atoms with E-state index in [0.717, 1.165) is 39.1 Å². The highest BCUT2D eigenvalue weighted by molar-refractivity contribution is 5.85. The molecule has 0 radical (unpaired) electrons. The lowest BCUT2D eigenvalue weighted by molar-refractivity contribution is -0.155. The average Bonchev–Trinajstić information content (AvgIpc) is 2.87. The first kappa shape index (κ1) is 13.8. The number of hydrogen-bond acceptors (Lipinski definition) is 5. The van der Waals surface area contributed by atoms with Gasteiger partial charge in [0.2, 0.25) is 11.8 Å².